The highest BCUT2D eigenvalue weighted by molar-refractivity contribution is 9.10. The maximum Gasteiger partial charge on any atom is 0.124 e. The largest absolute Gasteiger partial charge is 0.488 e. The van der Waals surface area contributed by atoms with Crippen molar-refractivity contribution < 1.29 is 9.84 Å². The van der Waals surface area contributed by atoms with Gasteiger partial charge in [-0.25, -0.2) is 0 Å². The maximum atomic E-state index is 9.74. The van der Waals surface area contributed by atoms with Crippen LogP contribution in [-0.2, 0) is 13.0 Å². The van der Waals surface area contributed by atoms with E-state index in [1.165, 1.54) is 10.4 Å². The molecule has 4 heteroatoms. The number of hydrogen-bond donors (Lipinski definition) is 1. The highest BCUT2D eigenvalue weighted by atomic mass is 79.9. The molecular weight excluding hydrogens is 312 g/mol. The van der Waals surface area contributed by atoms with Crippen molar-refractivity contribution in [3.63, 3.8) is 0 Å². The lowest BCUT2D eigenvalue weighted by Gasteiger charge is -2.08. The average Bonchev–Trinajstić information content (AvgIpc) is 2.94. The van der Waals surface area contributed by atoms with Crippen molar-refractivity contribution in [2.75, 3.05) is 0 Å². The first-order valence-corrected chi connectivity index (χ1v) is 7.57. The summed E-state index contributed by atoms with van der Waals surface area (Å²) in [7, 11) is 0. The third kappa shape index (κ3) is 2.32. The Kier molecular flexibility index (Phi) is 3.41. The second-order valence-electron chi connectivity index (χ2n) is 4.40. The molecule has 3 rings (SSSR count). The number of benzene rings is 1. The lowest BCUT2D eigenvalue weighted by Crippen LogP contribution is -1.95. The van der Waals surface area contributed by atoms with Gasteiger partial charge in [0.05, 0.1) is 11.0 Å². The number of rotatable bonds is 3. The second kappa shape index (κ2) is 5.03. The Balaban J connectivity index is 1.73. The van der Waals surface area contributed by atoms with E-state index in [9.17, 15) is 5.11 Å². The van der Waals surface area contributed by atoms with E-state index in [0.717, 1.165) is 28.6 Å². The van der Waals surface area contributed by atoms with Crippen LogP contribution >= 0.6 is 27.3 Å². The summed E-state index contributed by atoms with van der Waals surface area (Å²) in [5, 5.41) is 11.8. The summed E-state index contributed by atoms with van der Waals surface area (Å²) < 4.78 is 6.89. The first kappa shape index (κ1) is 12.2. The number of thiophene rings is 1. The monoisotopic (exact) mass is 324 g/mol. The first-order valence-electron chi connectivity index (χ1n) is 5.89. The standard InChI is InChI=1S/C14H13BrO2S/c15-12-5-6-18-14(12)8-17-10-2-3-11-9(7-10)1-4-13(11)16/h2-3,5-7,13,16H,1,4,8H2. The van der Waals surface area contributed by atoms with Crippen molar-refractivity contribution >= 4 is 27.3 Å². The molecule has 0 spiro atoms. The second-order valence-corrected chi connectivity index (χ2v) is 6.25. The molecule has 1 aromatic heterocycles. The number of ether oxygens (including phenoxy) is 1. The Hall–Kier alpha value is -0.840. The zero-order valence-electron chi connectivity index (χ0n) is 9.73. The summed E-state index contributed by atoms with van der Waals surface area (Å²) in [6, 6.07) is 8.00. The number of halogens is 1. The number of hydrogen-bond acceptors (Lipinski definition) is 3. The van der Waals surface area contributed by atoms with Crippen molar-refractivity contribution in [3.8, 4) is 5.75 Å². The van der Waals surface area contributed by atoms with Gasteiger partial charge in [-0.2, -0.15) is 0 Å². The van der Waals surface area contributed by atoms with Crippen LogP contribution in [0.25, 0.3) is 0 Å². The lowest BCUT2D eigenvalue weighted by atomic mass is 10.1. The fourth-order valence-corrected chi connectivity index (χ4v) is 3.62. The third-order valence-electron chi connectivity index (χ3n) is 3.22. The molecule has 94 valence electrons. The van der Waals surface area contributed by atoms with E-state index >= 15 is 0 Å². The topological polar surface area (TPSA) is 29.5 Å². The van der Waals surface area contributed by atoms with Crippen LogP contribution in [0.5, 0.6) is 5.75 Å². The molecule has 0 amide bonds. The molecule has 18 heavy (non-hydrogen) atoms. The molecule has 1 heterocycles. The molecule has 0 fully saturated rings. The number of aliphatic hydroxyl groups excluding tert-OH is 1. The van der Waals surface area contributed by atoms with Crippen LogP contribution in [0.1, 0.15) is 28.5 Å². The fraction of sp³-hybridized carbons (Fsp3) is 0.286. The van der Waals surface area contributed by atoms with Gasteiger partial charge in [0.15, 0.2) is 0 Å². The summed E-state index contributed by atoms with van der Waals surface area (Å²) in [4.78, 5) is 1.19. The van der Waals surface area contributed by atoms with Gasteiger partial charge >= 0.3 is 0 Å². The van der Waals surface area contributed by atoms with Crippen LogP contribution in [0.3, 0.4) is 0 Å². The van der Waals surface area contributed by atoms with Gasteiger partial charge < -0.3 is 9.84 Å². The van der Waals surface area contributed by atoms with E-state index in [-0.39, 0.29) is 6.10 Å². The Labute approximate surface area is 118 Å². The molecule has 2 aromatic rings. The normalized spacial score (nSPS) is 17.8. The Morgan fingerprint density at radius 2 is 2.28 bits per heavy atom. The molecule has 1 N–H and O–H groups in total. The van der Waals surface area contributed by atoms with Gasteiger partial charge in [-0.15, -0.1) is 11.3 Å². The van der Waals surface area contributed by atoms with Gasteiger partial charge in [0.2, 0.25) is 0 Å². The summed E-state index contributed by atoms with van der Waals surface area (Å²) >= 11 is 5.18. The quantitative estimate of drug-likeness (QED) is 0.922. The molecule has 0 saturated carbocycles. The van der Waals surface area contributed by atoms with Crippen LogP contribution in [0.15, 0.2) is 34.1 Å². The summed E-state index contributed by atoms with van der Waals surface area (Å²) in [5.74, 6) is 0.878. The minimum atomic E-state index is -0.291. The molecule has 0 saturated heterocycles. The summed E-state index contributed by atoms with van der Waals surface area (Å²) in [6.07, 6.45) is 1.48. The smallest absolute Gasteiger partial charge is 0.124 e. The van der Waals surface area contributed by atoms with Crippen molar-refractivity contribution in [2.24, 2.45) is 0 Å². The Morgan fingerprint density at radius 3 is 3.06 bits per heavy atom. The van der Waals surface area contributed by atoms with Gasteiger partial charge in [-0.05, 0) is 63.5 Å². The van der Waals surface area contributed by atoms with Gasteiger partial charge in [0.25, 0.3) is 0 Å². The van der Waals surface area contributed by atoms with Gasteiger partial charge in [-0.3, -0.25) is 0 Å². The van der Waals surface area contributed by atoms with Crippen LogP contribution in [-0.4, -0.2) is 5.11 Å². The third-order valence-corrected chi connectivity index (χ3v) is 5.12. The zero-order valence-corrected chi connectivity index (χ0v) is 12.1. The van der Waals surface area contributed by atoms with Crippen LogP contribution < -0.4 is 4.74 Å². The molecule has 0 bridgehead atoms. The van der Waals surface area contributed by atoms with E-state index in [0.29, 0.717) is 6.61 Å². The molecule has 1 aromatic carbocycles. The van der Waals surface area contributed by atoms with E-state index < -0.39 is 0 Å². The van der Waals surface area contributed by atoms with E-state index in [4.69, 9.17) is 4.74 Å². The molecular formula is C14H13BrO2S. The molecule has 2 nitrogen and oxygen atoms in total. The predicted octanol–water partition coefficient (Wildman–Crippen LogP) is 4.07. The predicted molar refractivity (Wildman–Crippen MR) is 76.1 cm³/mol. The molecule has 0 radical (unpaired) electrons. The summed E-state index contributed by atoms with van der Waals surface area (Å²) in [6.45, 7) is 0.583. The molecule has 1 unspecified atom stereocenters. The number of fused-ring (bicyclic) bond motifs is 1. The number of aliphatic hydroxyl groups is 1. The zero-order chi connectivity index (χ0) is 12.5. The van der Waals surface area contributed by atoms with Crippen molar-refractivity contribution in [1.82, 2.24) is 0 Å². The van der Waals surface area contributed by atoms with E-state index in [1.54, 1.807) is 11.3 Å². The fourth-order valence-electron chi connectivity index (χ4n) is 2.24. The number of aryl methyl sites for hydroxylation is 1. The van der Waals surface area contributed by atoms with Crippen LogP contribution in [0.4, 0.5) is 0 Å². The van der Waals surface area contributed by atoms with Gasteiger partial charge in [-0.1, -0.05) is 6.07 Å². The van der Waals surface area contributed by atoms with E-state index in [1.807, 2.05) is 29.6 Å². The van der Waals surface area contributed by atoms with Gasteiger partial charge in [0, 0.05) is 4.47 Å². The Bertz CT molecular complexity index is 565. The van der Waals surface area contributed by atoms with E-state index in [2.05, 4.69) is 15.9 Å². The summed E-state index contributed by atoms with van der Waals surface area (Å²) in [5.41, 5.74) is 2.27. The van der Waals surface area contributed by atoms with Crippen LogP contribution in [0.2, 0.25) is 0 Å². The molecule has 1 aliphatic carbocycles. The van der Waals surface area contributed by atoms with Crippen molar-refractivity contribution in [1.29, 1.82) is 0 Å². The minimum absolute atomic E-state index is 0.291. The first-order chi connectivity index (χ1) is 8.74. The van der Waals surface area contributed by atoms with Crippen molar-refractivity contribution in [3.05, 3.63) is 50.1 Å². The Morgan fingerprint density at radius 1 is 1.39 bits per heavy atom. The average molecular weight is 325 g/mol. The highest BCUT2D eigenvalue weighted by Gasteiger charge is 2.20. The molecule has 0 aliphatic heterocycles. The maximum absolute atomic E-state index is 9.74. The van der Waals surface area contributed by atoms with Gasteiger partial charge in [0.1, 0.15) is 12.4 Å². The molecule has 1 atom stereocenters. The van der Waals surface area contributed by atoms with Crippen molar-refractivity contribution in [2.45, 2.75) is 25.6 Å². The molecule has 1 aliphatic rings. The van der Waals surface area contributed by atoms with Crippen LogP contribution in [0, 0.1) is 0 Å². The SMILES string of the molecule is OC1CCc2cc(OCc3sccc3Br)ccc21. The lowest BCUT2D eigenvalue weighted by molar-refractivity contribution is 0.180. The highest BCUT2D eigenvalue weighted by Crippen LogP contribution is 2.33. The minimum Gasteiger partial charge on any atom is -0.488 e.